The van der Waals surface area contributed by atoms with E-state index >= 15 is 0 Å². The van der Waals surface area contributed by atoms with E-state index in [-0.39, 0.29) is 11.0 Å². The van der Waals surface area contributed by atoms with Crippen molar-refractivity contribution in [2.24, 2.45) is 15.6 Å². The first-order valence-electron chi connectivity index (χ1n) is 5.84. The van der Waals surface area contributed by atoms with E-state index in [2.05, 4.69) is 67.0 Å². The maximum absolute atomic E-state index is 4.19. The number of rotatable bonds is 3. The number of fused-ring (bicyclic) bond motifs is 1. The molecular weight excluding hydrogens is 198 g/mol. The smallest absolute Gasteiger partial charge is 0.0933 e. The van der Waals surface area contributed by atoms with Gasteiger partial charge in [0, 0.05) is 18.7 Å². The van der Waals surface area contributed by atoms with Gasteiger partial charge in [-0.05, 0) is 32.5 Å². The van der Waals surface area contributed by atoms with Gasteiger partial charge in [0.25, 0.3) is 0 Å². The lowest BCUT2D eigenvalue weighted by molar-refractivity contribution is 0.178. The standard InChI is InChI=1S/C13H19N3/c1-5-13-8-7-11(15-14-4)12(13,3)16(6-2)10-9-13/h7-10H,4-6H2,1-3H3. The Hall–Kier alpha value is -1.38. The first kappa shape index (κ1) is 11.1. The summed E-state index contributed by atoms with van der Waals surface area (Å²) in [5.41, 5.74) is 1.00. The minimum Gasteiger partial charge on any atom is -0.366 e. The highest BCUT2D eigenvalue weighted by molar-refractivity contribution is 6.07. The van der Waals surface area contributed by atoms with E-state index < -0.39 is 0 Å². The molecule has 1 aliphatic carbocycles. The van der Waals surface area contributed by atoms with Crippen LogP contribution in [-0.2, 0) is 0 Å². The summed E-state index contributed by atoms with van der Waals surface area (Å²) < 4.78 is 0. The van der Waals surface area contributed by atoms with Crippen LogP contribution in [0.5, 0.6) is 0 Å². The van der Waals surface area contributed by atoms with Crippen LogP contribution in [0.3, 0.4) is 0 Å². The van der Waals surface area contributed by atoms with Crippen molar-refractivity contribution in [1.82, 2.24) is 4.90 Å². The molecule has 3 nitrogen and oxygen atoms in total. The van der Waals surface area contributed by atoms with Gasteiger partial charge in [0.05, 0.1) is 11.3 Å². The highest BCUT2D eigenvalue weighted by atomic mass is 15.3. The maximum atomic E-state index is 4.19. The molecule has 0 aromatic heterocycles. The summed E-state index contributed by atoms with van der Waals surface area (Å²) in [5.74, 6) is 0. The number of nitrogens with zero attached hydrogens (tertiary/aromatic N) is 3. The Morgan fingerprint density at radius 2 is 2.12 bits per heavy atom. The topological polar surface area (TPSA) is 28.0 Å². The molecule has 1 heterocycles. The normalized spacial score (nSPS) is 38.4. The van der Waals surface area contributed by atoms with Crippen LogP contribution in [0, 0.1) is 5.41 Å². The maximum Gasteiger partial charge on any atom is 0.0933 e. The van der Waals surface area contributed by atoms with Gasteiger partial charge in [-0.3, -0.25) is 0 Å². The van der Waals surface area contributed by atoms with Crippen molar-refractivity contribution in [1.29, 1.82) is 0 Å². The summed E-state index contributed by atoms with van der Waals surface area (Å²) in [7, 11) is 0. The lowest BCUT2D eigenvalue weighted by atomic mass is 9.72. The third-order valence-electron chi connectivity index (χ3n) is 4.17. The van der Waals surface area contributed by atoms with Crippen LogP contribution in [-0.4, -0.2) is 29.4 Å². The van der Waals surface area contributed by atoms with Gasteiger partial charge < -0.3 is 4.90 Å². The van der Waals surface area contributed by atoms with Gasteiger partial charge in [-0.2, -0.15) is 10.2 Å². The molecule has 0 saturated heterocycles. The van der Waals surface area contributed by atoms with Crippen LogP contribution < -0.4 is 0 Å². The van der Waals surface area contributed by atoms with Crippen molar-refractivity contribution < 1.29 is 0 Å². The van der Waals surface area contributed by atoms with Crippen LogP contribution >= 0.6 is 0 Å². The van der Waals surface area contributed by atoms with Crippen LogP contribution in [0.4, 0.5) is 0 Å². The van der Waals surface area contributed by atoms with Gasteiger partial charge in [-0.15, -0.1) is 0 Å². The average Bonchev–Trinajstić information content (AvgIpc) is 2.72. The highest BCUT2D eigenvalue weighted by Crippen LogP contribution is 2.51. The fraction of sp³-hybridized carbons (Fsp3) is 0.538. The van der Waals surface area contributed by atoms with Crippen LogP contribution in [0.15, 0.2) is 34.6 Å². The van der Waals surface area contributed by atoms with Crippen molar-refractivity contribution in [3.05, 3.63) is 24.4 Å². The molecule has 2 atom stereocenters. The predicted octanol–water partition coefficient (Wildman–Crippen LogP) is 2.62. The molecule has 0 saturated carbocycles. The molecule has 3 heteroatoms. The highest BCUT2D eigenvalue weighted by Gasteiger charge is 2.56. The molecular formula is C13H19N3. The van der Waals surface area contributed by atoms with Crippen molar-refractivity contribution in [3.63, 3.8) is 0 Å². The van der Waals surface area contributed by atoms with Gasteiger partial charge in [0.15, 0.2) is 0 Å². The second kappa shape index (κ2) is 3.58. The molecule has 0 amide bonds. The van der Waals surface area contributed by atoms with Gasteiger partial charge in [-0.1, -0.05) is 19.1 Å². The summed E-state index contributed by atoms with van der Waals surface area (Å²) in [6, 6.07) is 0. The van der Waals surface area contributed by atoms with Gasteiger partial charge >= 0.3 is 0 Å². The average molecular weight is 217 g/mol. The molecule has 1 aliphatic heterocycles. The minimum atomic E-state index is -0.0856. The first-order chi connectivity index (χ1) is 7.64. The van der Waals surface area contributed by atoms with Gasteiger partial charge in [-0.25, -0.2) is 0 Å². The molecule has 2 aliphatic rings. The second-order valence-corrected chi connectivity index (χ2v) is 4.53. The van der Waals surface area contributed by atoms with Gasteiger partial charge in [0.1, 0.15) is 0 Å². The Bertz CT molecular complexity index is 394. The van der Waals surface area contributed by atoms with E-state index in [4.69, 9.17) is 0 Å². The van der Waals surface area contributed by atoms with E-state index in [1.54, 1.807) is 0 Å². The molecule has 0 radical (unpaired) electrons. The minimum absolute atomic E-state index is 0.0759. The molecule has 16 heavy (non-hydrogen) atoms. The summed E-state index contributed by atoms with van der Waals surface area (Å²) in [5, 5.41) is 7.88. The fourth-order valence-electron chi connectivity index (χ4n) is 3.00. The quantitative estimate of drug-likeness (QED) is 0.527. The SMILES string of the molecule is C=NN=C1C=CC2(CC)C=CN(CC)C12C. The Morgan fingerprint density at radius 3 is 2.69 bits per heavy atom. The third kappa shape index (κ3) is 1.09. The summed E-state index contributed by atoms with van der Waals surface area (Å²) in [6.07, 6.45) is 9.89. The Kier molecular flexibility index (Phi) is 2.49. The van der Waals surface area contributed by atoms with E-state index in [1.165, 1.54) is 0 Å². The largest absolute Gasteiger partial charge is 0.366 e. The summed E-state index contributed by atoms with van der Waals surface area (Å²) in [4.78, 5) is 2.33. The van der Waals surface area contributed by atoms with Crippen LogP contribution in [0.25, 0.3) is 0 Å². The van der Waals surface area contributed by atoms with Crippen LogP contribution in [0.1, 0.15) is 27.2 Å². The number of hydrogen-bond acceptors (Lipinski definition) is 3. The zero-order valence-electron chi connectivity index (χ0n) is 10.3. The first-order valence-corrected chi connectivity index (χ1v) is 5.84. The molecule has 0 bridgehead atoms. The van der Waals surface area contributed by atoms with E-state index in [0.29, 0.717) is 0 Å². The van der Waals surface area contributed by atoms with Gasteiger partial charge in [0.2, 0.25) is 0 Å². The lowest BCUT2D eigenvalue weighted by Crippen LogP contribution is -2.53. The molecule has 2 rings (SSSR count). The van der Waals surface area contributed by atoms with Crippen molar-refractivity contribution in [2.75, 3.05) is 6.54 Å². The molecule has 0 fully saturated rings. The molecule has 0 N–H and O–H groups in total. The molecule has 0 aromatic carbocycles. The van der Waals surface area contributed by atoms with Crippen LogP contribution in [0.2, 0.25) is 0 Å². The van der Waals surface area contributed by atoms with E-state index in [9.17, 15) is 0 Å². The lowest BCUT2D eigenvalue weighted by Gasteiger charge is -2.43. The van der Waals surface area contributed by atoms with E-state index in [1.807, 2.05) is 0 Å². The third-order valence-corrected chi connectivity index (χ3v) is 4.17. The van der Waals surface area contributed by atoms with E-state index in [0.717, 1.165) is 18.7 Å². The molecule has 86 valence electrons. The summed E-state index contributed by atoms with van der Waals surface area (Å²) in [6.45, 7) is 11.1. The van der Waals surface area contributed by atoms with Crippen molar-refractivity contribution in [3.8, 4) is 0 Å². The fourth-order valence-corrected chi connectivity index (χ4v) is 3.00. The second-order valence-electron chi connectivity index (χ2n) is 4.53. The summed E-state index contributed by atoms with van der Waals surface area (Å²) >= 11 is 0. The molecule has 0 spiro atoms. The van der Waals surface area contributed by atoms with Crippen molar-refractivity contribution >= 4 is 12.4 Å². The number of hydrogen-bond donors (Lipinski definition) is 0. The molecule has 0 aromatic rings. The Morgan fingerprint density at radius 1 is 1.38 bits per heavy atom. The Balaban J connectivity index is 2.52. The van der Waals surface area contributed by atoms with Crippen molar-refractivity contribution in [2.45, 2.75) is 32.7 Å². The predicted molar refractivity (Wildman–Crippen MR) is 68.8 cm³/mol. The Labute approximate surface area is 97.2 Å². The zero-order chi connectivity index (χ0) is 11.8. The monoisotopic (exact) mass is 217 g/mol. The zero-order valence-corrected chi connectivity index (χ0v) is 10.3. The molecule has 2 unspecified atom stereocenters.